The predicted molar refractivity (Wildman–Crippen MR) is 79.8 cm³/mol. The molecule has 0 bridgehead atoms. The second-order valence-corrected chi connectivity index (χ2v) is 6.84. The summed E-state index contributed by atoms with van der Waals surface area (Å²) in [5.74, 6) is 1.88. The topological polar surface area (TPSA) is 12.0 Å². The molecule has 2 atom stereocenters. The molecule has 0 saturated heterocycles. The number of hydrogen-bond donors (Lipinski definition) is 1. The zero-order valence-corrected chi connectivity index (χ0v) is 12.4. The molecule has 0 heterocycles. The molecule has 2 aliphatic carbocycles. The summed E-state index contributed by atoms with van der Waals surface area (Å²) in [6.45, 7) is 3.76. The van der Waals surface area contributed by atoms with Crippen LogP contribution in [0.2, 0.25) is 0 Å². The summed E-state index contributed by atoms with van der Waals surface area (Å²) < 4.78 is 0. The van der Waals surface area contributed by atoms with Gasteiger partial charge in [-0.1, -0.05) is 58.3 Å². The Morgan fingerprint density at radius 3 is 2.06 bits per heavy atom. The largest absolute Gasteiger partial charge is 0.313 e. The lowest BCUT2D eigenvalue weighted by Gasteiger charge is -2.27. The van der Waals surface area contributed by atoms with Crippen LogP contribution in [0.3, 0.4) is 0 Å². The highest BCUT2D eigenvalue weighted by Crippen LogP contribution is 2.25. The minimum atomic E-state index is 0.818. The molecule has 1 nitrogen and oxygen atoms in total. The fourth-order valence-electron chi connectivity index (χ4n) is 3.86. The summed E-state index contributed by atoms with van der Waals surface area (Å²) in [4.78, 5) is 0. The Balaban J connectivity index is 1.71. The van der Waals surface area contributed by atoms with E-state index in [-0.39, 0.29) is 0 Å². The van der Waals surface area contributed by atoms with Crippen molar-refractivity contribution >= 4 is 0 Å². The fraction of sp³-hybridized carbons (Fsp3) is 1.00. The summed E-state index contributed by atoms with van der Waals surface area (Å²) in [5, 5.41) is 3.93. The fourth-order valence-corrected chi connectivity index (χ4v) is 3.86. The molecule has 2 saturated carbocycles. The van der Waals surface area contributed by atoms with E-state index >= 15 is 0 Å². The summed E-state index contributed by atoms with van der Waals surface area (Å²) in [6.07, 6.45) is 17.6. The second kappa shape index (κ2) is 8.19. The maximum atomic E-state index is 3.93. The molecule has 0 spiro atoms. The summed E-state index contributed by atoms with van der Waals surface area (Å²) >= 11 is 0. The van der Waals surface area contributed by atoms with E-state index in [0.29, 0.717) is 0 Å². The molecule has 0 aromatic heterocycles. The van der Waals surface area contributed by atoms with Crippen molar-refractivity contribution in [1.82, 2.24) is 5.32 Å². The minimum absolute atomic E-state index is 0.818. The van der Waals surface area contributed by atoms with Crippen molar-refractivity contribution in [3.63, 3.8) is 0 Å². The SMILES string of the molecule is CC1CCCCCC1NCC1CCCCCCC1. The molecule has 18 heavy (non-hydrogen) atoms. The molecule has 2 unspecified atom stereocenters. The molecule has 0 aromatic carbocycles. The van der Waals surface area contributed by atoms with E-state index in [4.69, 9.17) is 0 Å². The van der Waals surface area contributed by atoms with Gasteiger partial charge in [0, 0.05) is 6.04 Å². The van der Waals surface area contributed by atoms with E-state index < -0.39 is 0 Å². The first-order chi connectivity index (χ1) is 8.86. The van der Waals surface area contributed by atoms with Crippen LogP contribution >= 0.6 is 0 Å². The normalized spacial score (nSPS) is 32.5. The van der Waals surface area contributed by atoms with Crippen LogP contribution in [0.25, 0.3) is 0 Å². The molecule has 2 aliphatic rings. The van der Waals surface area contributed by atoms with Crippen LogP contribution < -0.4 is 5.32 Å². The first-order valence-corrected chi connectivity index (χ1v) is 8.59. The first kappa shape index (κ1) is 14.4. The van der Waals surface area contributed by atoms with E-state index in [1.165, 1.54) is 83.6 Å². The number of rotatable bonds is 3. The average Bonchev–Trinajstić information content (AvgIpc) is 2.53. The summed E-state index contributed by atoms with van der Waals surface area (Å²) in [6, 6.07) is 0.818. The van der Waals surface area contributed by atoms with Crippen LogP contribution in [0.5, 0.6) is 0 Å². The van der Waals surface area contributed by atoms with Crippen LogP contribution in [-0.2, 0) is 0 Å². The van der Waals surface area contributed by atoms with Crippen LogP contribution in [-0.4, -0.2) is 12.6 Å². The molecule has 0 aromatic rings. The molecule has 106 valence electrons. The second-order valence-electron chi connectivity index (χ2n) is 6.84. The Hall–Kier alpha value is -0.0400. The Labute approximate surface area is 114 Å². The molecular weight excluding hydrogens is 218 g/mol. The third kappa shape index (κ3) is 4.91. The third-order valence-electron chi connectivity index (χ3n) is 5.25. The highest BCUT2D eigenvalue weighted by atomic mass is 14.9. The van der Waals surface area contributed by atoms with Gasteiger partial charge in [-0.15, -0.1) is 0 Å². The molecule has 0 amide bonds. The zero-order chi connectivity index (χ0) is 12.6. The van der Waals surface area contributed by atoms with E-state index in [2.05, 4.69) is 12.2 Å². The monoisotopic (exact) mass is 251 g/mol. The quantitative estimate of drug-likeness (QED) is 0.703. The Bertz CT molecular complexity index is 206. The minimum Gasteiger partial charge on any atom is -0.313 e. The van der Waals surface area contributed by atoms with Gasteiger partial charge in [0.1, 0.15) is 0 Å². The maximum Gasteiger partial charge on any atom is 0.00928 e. The van der Waals surface area contributed by atoms with Crippen molar-refractivity contribution in [2.24, 2.45) is 11.8 Å². The van der Waals surface area contributed by atoms with E-state index in [1.807, 2.05) is 0 Å². The van der Waals surface area contributed by atoms with Gasteiger partial charge in [-0.05, 0) is 44.1 Å². The van der Waals surface area contributed by atoms with E-state index in [1.54, 1.807) is 0 Å². The summed E-state index contributed by atoms with van der Waals surface area (Å²) in [5.41, 5.74) is 0. The van der Waals surface area contributed by atoms with Crippen LogP contribution in [0, 0.1) is 11.8 Å². The van der Waals surface area contributed by atoms with Gasteiger partial charge in [-0.2, -0.15) is 0 Å². The molecule has 2 rings (SSSR count). The highest BCUT2D eigenvalue weighted by molar-refractivity contribution is 4.78. The lowest BCUT2D eigenvalue weighted by atomic mass is 9.90. The summed E-state index contributed by atoms with van der Waals surface area (Å²) in [7, 11) is 0. The molecule has 0 radical (unpaired) electrons. The Morgan fingerprint density at radius 1 is 0.722 bits per heavy atom. The predicted octanol–water partition coefficient (Wildman–Crippen LogP) is 4.91. The molecule has 0 aliphatic heterocycles. The van der Waals surface area contributed by atoms with Crippen molar-refractivity contribution in [3.05, 3.63) is 0 Å². The number of nitrogens with one attached hydrogen (secondary N) is 1. The van der Waals surface area contributed by atoms with Crippen molar-refractivity contribution in [3.8, 4) is 0 Å². The van der Waals surface area contributed by atoms with Crippen LogP contribution in [0.15, 0.2) is 0 Å². The van der Waals surface area contributed by atoms with Gasteiger partial charge in [0.2, 0.25) is 0 Å². The van der Waals surface area contributed by atoms with Gasteiger partial charge >= 0.3 is 0 Å². The van der Waals surface area contributed by atoms with Gasteiger partial charge < -0.3 is 5.32 Å². The van der Waals surface area contributed by atoms with Crippen molar-refractivity contribution in [2.75, 3.05) is 6.54 Å². The van der Waals surface area contributed by atoms with Gasteiger partial charge in [0.15, 0.2) is 0 Å². The van der Waals surface area contributed by atoms with Gasteiger partial charge in [-0.25, -0.2) is 0 Å². The maximum absolute atomic E-state index is 3.93. The van der Waals surface area contributed by atoms with Gasteiger partial charge in [-0.3, -0.25) is 0 Å². The van der Waals surface area contributed by atoms with E-state index in [9.17, 15) is 0 Å². The third-order valence-corrected chi connectivity index (χ3v) is 5.25. The molecule has 1 N–H and O–H groups in total. The van der Waals surface area contributed by atoms with Crippen LogP contribution in [0.4, 0.5) is 0 Å². The number of hydrogen-bond acceptors (Lipinski definition) is 1. The molecule has 1 heteroatoms. The first-order valence-electron chi connectivity index (χ1n) is 8.59. The lowest BCUT2D eigenvalue weighted by Crippen LogP contribution is -2.37. The Morgan fingerprint density at radius 2 is 1.28 bits per heavy atom. The van der Waals surface area contributed by atoms with Crippen molar-refractivity contribution in [1.29, 1.82) is 0 Å². The smallest absolute Gasteiger partial charge is 0.00928 e. The van der Waals surface area contributed by atoms with Crippen molar-refractivity contribution in [2.45, 2.75) is 90.0 Å². The Kier molecular flexibility index (Phi) is 6.54. The van der Waals surface area contributed by atoms with Gasteiger partial charge in [0.05, 0.1) is 0 Å². The molecular formula is C17H33N. The van der Waals surface area contributed by atoms with Gasteiger partial charge in [0.25, 0.3) is 0 Å². The van der Waals surface area contributed by atoms with Crippen LogP contribution in [0.1, 0.15) is 84.0 Å². The zero-order valence-electron chi connectivity index (χ0n) is 12.4. The lowest BCUT2D eigenvalue weighted by molar-refractivity contribution is 0.301. The highest BCUT2D eigenvalue weighted by Gasteiger charge is 2.20. The average molecular weight is 251 g/mol. The standard InChI is InChI=1S/C17H33N/c1-15-10-6-5-9-13-17(15)18-14-16-11-7-3-2-4-8-12-16/h15-18H,2-14H2,1H3. The molecule has 2 fully saturated rings. The van der Waals surface area contributed by atoms with Crippen molar-refractivity contribution < 1.29 is 0 Å². The van der Waals surface area contributed by atoms with E-state index in [0.717, 1.165) is 17.9 Å².